The molecule has 3 N–H and O–H groups in total. The number of rotatable bonds is 3. The maximum atomic E-state index is 10.2. The molecule has 0 amide bonds. The topological polar surface area (TPSA) is 59.1 Å². The zero-order valence-electron chi connectivity index (χ0n) is 9.48. The van der Waals surface area contributed by atoms with E-state index in [1.165, 1.54) is 6.20 Å². The van der Waals surface area contributed by atoms with Crippen molar-refractivity contribution in [1.82, 2.24) is 4.98 Å². The van der Waals surface area contributed by atoms with Crippen LogP contribution in [0.2, 0.25) is 5.02 Å². The molecule has 0 bridgehead atoms. The molecule has 0 saturated heterocycles. The second-order valence-electron chi connectivity index (χ2n) is 3.94. The van der Waals surface area contributed by atoms with Gasteiger partial charge in [0.15, 0.2) is 0 Å². The van der Waals surface area contributed by atoms with Gasteiger partial charge in [-0.25, -0.2) is 4.98 Å². The standard InChI is InChI=1S/C13H12BrClN2O/c14-11-4-2-1-3-8(11)5-12(18)10-6-9(15)7-17-13(10)16/h1-4,6-7,12,18H,5H2,(H2,16,17). The molecule has 1 unspecified atom stereocenters. The highest BCUT2D eigenvalue weighted by molar-refractivity contribution is 9.10. The van der Waals surface area contributed by atoms with Gasteiger partial charge in [-0.05, 0) is 17.7 Å². The molecule has 2 aromatic rings. The fraction of sp³-hybridized carbons (Fsp3) is 0.154. The first kappa shape index (κ1) is 13.3. The molecule has 1 aromatic heterocycles. The summed E-state index contributed by atoms with van der Waals surface area (Å²) >= 11 is 9.30. The van der Waals surface area contributed by atoms with Crippen LogP contribution in [0.1, 0.15) is 17.2 Å². The van der Waals surface area contributed by atoms with Gasteiger partial charge in [0, 0.05) is 22.7 Å². The quantitative estimate of drug-likeness (QED) is 0.909. The van der Waals surface area contributed by atoms with Crippen LogP contribution in [0.4, 0.5) is 5.82 Å². The number of nitrogens with two attached hydrogens (primary N) is 1. The van der Waals surface area contributed by atoms with Crippen molar-refractivity contribution in [2.24, 2.45) is 0 Å². The van der Waals surface area contributed by atoms with E-state index in [-0.39, 0.29) is 0 Å². The van der Waals surface area contributed by atoms with Gasteiger partial charge in [-0.3, -0.25) is 0 Å². The molecule has 5 heteroatoms. The highest BCUT2D eigenvalue weighted by atomic mass is 79.9. The number of pyridine rings is 1. The third kappa shape index (κ3) is 3.02. The molecule has 94 valence electrons. The highest BCUT2D eigenvalue weighted by Crippen LogP contribution is 2.27. The Morgan fingerprint density at radius 3 is 2.83 bits per heavy atom. The van der Waals surface area contributed by atoms with E-state index in [4.69, 9.17) is 17.3 Å². The van der Waals surface area contributed by atoms with Crippen LogP contribution in [-0.2, 0) is 6.42 Å². The lowest BCUT2D eigenvalue weighted by molar-refractivity contribution is 0.178. The van der Waals surface area contributed by atoms with Gasteiger partial charge in [-0.1, -0.05) is 45.7 Å². The first-order chi connectivity index (χ1) is 8.58. The van der Waals surface area contributed by atoms with E-state index in [2.05, 4.69) is 20.9 Å². The SMILES string of the molecule is Nc1ncc(Cl)cc1C(O)Cc1ccccc1Br. The predicted octanol–water partition coefficient (Wildman–Crippen LogP) is 3.36. The normalized spacial score (nSPS) is 12.4. The second kappa shape index (κ2) is 5.69. The van der Waals surface area contributed by atoms with Gasteiger partial charge in [0.05, 0.1) is 11.1 Å². The molecule has 3 nitrogen and oxygen atoms in total. The highest BCUT2D eigenvalue weighted by Gasteiger charge is 2.14. The molecule has 0 aliphatic rings. The summed E-state index contributed by atoms with van der Waals surface area (Å²) in [6.45, 7) is 0. The molecule has 1 aromatic carbocycles. The van der Waals surface area contributed by atoms with E-state index in [1.807, 2.05) is 24.3 Å². The summed E-state index contributed by atoms with van der Waals surface area (Å²) in [4.78, 5) is 3.94. The largest absolute Gasteiger partial charge is 0.388 e. The zero-order valence-corrected chi connectivity index (χ0v) is 11.8. The number of nitrogen functional groups attached to an aromatic ring is 1. The van der Waals surface area contributed by atoms with Crippen molar-refractivity contribution in [1.29, 1.82) is 0 Å². The van der Waals surface area contributed by atoms with E-state index < -0.39 is 6.10 Å². The predicted molar refractivity (Wildman–Crippen MR) is 76.5 cm³/mol. The van der Waals surface area contributed by atoms with Gasteiger partial charge in [0.25, 0.3) is 0 Å². The molecule has 0 aliphatic carbocycles. The summed E-state index contributed by atoms with van der Waals surface area (Å²) in [6.07, 6.45) is 1.19. The van der Waals surface area contributed by atoms with E-state index >= 15 is 0 Å². The maximum absolute atomic E-state index is 10.2. The number of benzene rings is 1. The van der Waals surface area contributed by atoms with Crippen molar-refractivity contribution in [3.8, 4) is 0 Å². The van der Waals surface area contributed by atoms with Gasteiger partial charge in [0.2, 0.25) is 0 Å². The summed E-state index contributed by atoms with van der Waals surface area (Å²) in [7, 11) is 0. The van der Waals surface area contributed by atoms with Crippen molar-refractivity contribution >= 4 is 33.3 Å². The van der Waals surface area contributed by atoms with Gasteiger partial charge < -0.3 is 10.8 Å². The Morgan fingerprint density at radius 2 is 2.11 bits per heavy atom. The van der Waals surface area contributed by atoms with Crippen LogP contribution in [0.15, 0.2) is 41.0 Å². The summed E-state index contributed by atoms with van der Waals surface area (Å²) in [5.41, 5.74) is 7.30. The summed E-state index contributed by atoms with van der Waals surface area (Å²) in [5, 5.41) is 10.7. The van der Waals surface area contributed by atoms with E-state index in [9.17, 15) is 5.11 Å². The van der Waals surface area contributed by atoms with Gasteiger partial charge in [-0.15, -0.1) is 0 Å². The average molecular weight is 328 g/mol. The van der Waals surface area contributed by atoms with Crippen LogP contribution in [0.3, 0.4) is 0 Å². The summed E-state index contributed by atoms with van der Waals surface area (Å²) in [6, 6.07) is 9.37. The smallest absolute Gasteiger partial charge is 0.129 e. The van der Waals surface area contributed by atoms with Gasteiger partial charge in [0.1, 0.15) is 5.82 Å². The first-order valence-electron chi connectivity index (χ1n) is 5.40. The minimum Gasteiger partial charge on any atom is -0.388 e. The fourth-order valence-electron chi connectivity index (χ4n) is 1.71. The molecule has 2 rings (SSSR count). The molecular formula is C13H12BrClN2O. The molecule has 1 atom stereocenters. The monoisotopic (exact) mass is 326 g/mol. The first-order valence-corrected chi connectivity index (χ1v) is 6.57. The zero-order chi connectivity index (χ0) is 13.1. The lowest BCUT2D eigenvalue weighted by Crippen LogP contribution is -2.07. The van der Waals surface area contributed by atoms with Crippen LogP contribution in [0.5, 0.6) is 0 Å². The fourth-order valence-corrected chi connectivity index (χ4v) is 2.33. The Labute approximate surface area is 119 Å². The summed E-state index contributed by atoms with van der Waals surface area (Å²) in [5.74, 6) is 0.305. The number of nitrogens with zero attached hydrogens (tertiary/aromatic N) is 1. The van der Waals surface area contributed by atoms with Crippen LogP contribution in [-0.4, -0.2) is 10.1 Å². The Balaban J connectivity index is 2.25. The molecule has 0 radical (unpaired) electrons. The lowest BCUT2D eigenvalue weighted by atomic mass is 10.0. The second-order valence-corrected chi connectivity index (χ2v) is 5.23. The van der Waals surface area contributed by atoms with E-state index in [0.29, 0.717) is 22.8 Å². The average Bonchev–Trinajstić information content (AvgIpc) is 2.35. The minimum absolute atomic E-state index is 0.305. The van der Waals surface area contributed by atoms with Crippen molar-refractivity contribution in [2.75, 3.05) is 5.73 Å². The number of anilines is 1. The molecular weight excluding hydrogens is 316 g/mol. The Morgan fingerprint density at radius 1 is 1.39 bits per heavy atom. The van der Waals surface area contributed by atoms with Gasteiger partial charge >= 0.3 is 0 Å². The molecule has 0 fully saturated rings. The van der Waals surface area contributed by atoms with Crippen LogP contribution in [0, 0.1) is 0 Å². The van der Waals surface area contributed by atoms with Gasteiger partial charge in [-0.2, -0.15) is 0 Å². The third-order valence-electron chi connectivity index (χ3n) is 2.65. The number of aromatic nitrogens is 1. The Bertz CT molecular complexity index is 562. The Hall–Kier alpha value is -1.10. The maximum Gasteiger partial charge on any atom is 0.129 e. The van der Waals surface area contributed by atoms with Crippen molar-refractivity contribution in [3.05, 3.63) is 57.2 Å². The number of aliphatic hydroxyl groups excluding tert-OH is 1. The molecule has 0 saturated carbocycles. The third-order valence-corrected chi connectivity index (χ3v) is 3.63. The van der Waals surface area contributed by atoms with Crippen LogP contribution in [0.25, 0.3) is 0 Å². The van der Waals surface area contributed by atoms with Crippen molar-refractivity contribution < 1.29 is 5.11 Å². The number of halogens is 2. The molecule has 18 heavy (non-hydrogen) atoms. The van der Waals surface area contributed by atoms with E-state index in [0.717, 1.165) is 10.0 Å². The minimum atomic E-state index is -0.727. The number of hydrogen-bond donors (Lipinski definition) is 2. The number of hydrogen-bond acceptors (Lipinski definition) is 3. The van der Waals surface area contributed by atoms with Crippen molar-refractivity contribution in [3.63, 3.8) is 0 Å². The summed E-state index contributed by atoms with van der Waals surface area (Å²) < 4.78 is 0.956. The van der Waals surface area contributed by atoms with E-state index in [1.54, 1.807) is 6.07 Å². The number of aliphatic hydroxyl groups is 1. The lowest BCUT2D eigenvalue weighted by Gasteiger charge is -2.14. The Kier molecular flexibility index (Phi) is 4.22. The van der Waals surface area contributed by atoms with Crippen LogP contribution < -0.4 is 5.73 Å². The molecule has 0 spiro atoms. The van der Waals surface area contributed by atoms with Crippen molar-refractivity contribution in [2.45, 2.75) is 12.5 Å². The molecule has 1 heterocycles. The van der Waals surface area contributed by atoms with Crippen LogP contribution >= 0.6 is 27.5 Å². The molecule has 0 aliphatic heterocycles.